The van der Waals surface area contributed by atoms with Crippen LogP contribution in [-0.4, -0.2) is 10.8 Å². The van der Waals surface area contributed by atoms with Crippen molar-refractivity contribution >= 4 is 22.6 Å². The van der Waals surface area contributed by atoms with Gasteiger partial charge in [-0.2, -0.15) is 13.2 Å². The molecule has 3 rings (SSSR count). The molecular weight excluding hydrogens is 328 g/mol. The van der Waals surface area contributed by atoms with Crippen molar-refractivity contribution in [1.82, 2.24) is 4.98 Å². The maximum Gasteiger partial charge on any atom is 0.417 e. The molecule has 124 valence electrons. The average molecular weight is 338 g/mol. The normalized spacial score (nSPS) is 11.9. The van der Waals surface area contributed by atoms with Crippen LogP contribution >= 0.6 is 0 Å². The Morgan fingerprint density at radius 2 is 1.83 bits per heavy atom. The second-order valence-corrected chi connectivity index (χ2v) is 5.14. The third kappa shape index (κ3) is 2.60. The van der Waals surface area contributed by atoms with Gasteiger partial charge >= 0.3 is 6.18 Å². The monoisotopic (exact) mass is 338 g/mol. The van der Waals surface area contributed by atoms with Gasteiger partial charge in [0.2, 0.25) is 5.71 Å². The minimum absolute atomic E-state index is 0.0707. The molecule has 0 spiro atoms. The molecule has 0 unspecified atom stereocenters. The first-order valence-electron chi connectivity index (χ1n) is 6.75. The number of hydrogen-bond donors (Lipinski definition) is 1. The van der Waals surface area contributed by atoms with Crippen molar-refractivity contribution in [2.75, 3.05) is 5.73 Å². The van der Waals surface area contributed by atoms with Gasteiger partial charge in [-0.25, -0.2) is 9.37 Å². The molecule has 2 N–H and O–H groups in total. The van der Waals surface area contributed by atoms with E-state index >= 15 is 0 Å². The number of nitrogens with zero attached hydrogens (tertiary/aromatic N) is 1. The summed E-state index contributed by atoms with van der Waals surface area (Å²) in [6.45, 7) is 1.13. The number of furan rings is 1. The van der Waals surface area contributed by atoms with E-state index in [9.17, 15) is 22.4 Å². The first-order chi connectivity index (χ1) is 11.2. The minimum atomic E-state index is -4.73. The molecule has 2 heterocycles. The zero-order valence-corrected chi connectivity index (χ0v) is 12.2. The summed E-state index contributed by atoms with van der Waals surface area (Å²) < 4.78 is 58.3. The Labute approximate surface area is 132 Å². The number of halogens is 4. The number of nitrogen functional groups attached to an aromatic ring is 1. The highest BCUT2D eigenvalue weighted by Crippen LogP contribution is 2.41. The van der Waals surface area contributed by atoms with E-state index in [0.29, 0.717) is 0 Å². The van der Waals surface area contributed by atoms with Crippen LogP contribution in [0.2, 0.25) is 0 Å². The number of fused-ring (bicyclic) bond motifs is 1. The van der Waals surface area contributed by atoms with Crippen LogP contribution in [0.3, 0.4) is 0 Å². The summed E-state index contributed by atoms with van der Waals surface area (Å²) in [7, 11) is 0. The number of anilines is 1. The van der Waals surface area contributed by atoms with Gasteiger partial charge < -0.3 is 10.2 Å². The molecule has 8 heteroatoms. The van der Waals surface area contributed by atoms with Gasteiger partial charge in [-0.05, 0) is 30.3 Å². The van der Waals surface area contributed by atoms with Crippen molar-refractivity contribution in [2.45, 2.75) is 13.1 Å². The molecule has 2 aromatic heterocycles. The number of ketones is 1. The summed E-state index contributed by atoms with van der Waals surface area (Å²) in [5.41, 5.74) is 3.97. The number of pyridine rings is 1. The maximum atomic E-state index is 13.4. The second kappa shape index (κ2) is 5.33. The van der Waals surface area contributed by atoms with Crippen LogP contribution in [0.5, 0.6) is 0 Å². The zero-order valence-electron chi connectivity index (χ0n) is 12.2. The molecule has 0 saturated heterocycles. The number of alkyl halides is 3. The summed E-state index contributed by atoms with van der Waals surface area (Å²) >= 11 is 0. The highest BCUT2D eigenvalue weighted by molar-refractivity contribution is 6.06. The summed E-state index contributed by atoms with van der Waals surface area (Å²) in [6.07, 6.45) is -4.73. The van der Waals surface area contributed by atoms with Gasteiger partial charge in [0.1, 0.15) is 5.82 Å². The van der Waals surface area contributed by atoms with E-state index in [1.807, 2.05) is 0 Å². The number of Topliss-reactive ketones (excluding diaryl/α,β-unsaturated/α-hetero) is 1. The third-order valence-electron chi connectivity index (χ3n) is 3.46. The minimum Gasteiger partial charge on any atom is -0.432 e. The van der Waals surface area contributed by atoms with Gasteiger partial charge in [-0.3, -0.25) is 4.79 Å². The molecule has 0 bridgehead atoms. The van der Waals surface area contributed by atoms with Crippen molar-refractivity contribution in [3.8, 4) is 11.3 Å². The number of aromatic nitrogens is 1. The molecular formula is C16H10F4N2O2. The Hall–Kier alpha value is -2.90. The van der Waals surface area contributed by atoms with E-state index in [1.165, 1.54) is 12.1 Å². The van der Waals surface area contributed by atoms with Crippen LogP contribution in [0.1, 0.15) is 23.0 Å². The molecule has 24 heavy (non-hydrogen) atoms. The van der Waals surface area contributed by atoms with Crippen LogP contribution in [0.4, 0.5) is 23.2 Å². The lowest BCUT2D eigenvalue weighted by Crippen LogP contribution is -2.08. The summed E-state index contributed by atoms with van der Waals surface area (Å²) in [4.78, 5) is 15.5. The smallest absolute Gasteiger partial charge is 0.417 e. The lowest BCUT2D eigenvalue weighted by molar-refractivity contribution is -0.136. The van der Waals surface area contributed by atoms with Gasteiger partial charge in [0.15, 0.2) is 11.5 Å². The SMILES string of the molecule is CC(=O)c1oc2nc(-c3ccc(F)cc3)cc(C(F)(F)F)c2c1N. The topological polar surface area (TPSA) is 69.1 Å². The van der Waals surface area contributed by atoms with E-state index in [4.69, 9.17) is 10.2 Å². The van der Waals surface area contributed by atoms with E-state index in [1.54, 1.807) is 0 Å². The Morgan fingerprint density at radius 1 is 1.21 bits per heavy atom. The third-order valence-corrected chi connectivity index (χ3v) is 3.46. The fourth-order valence-electron chi connectivity index (χ4n) is 2.37. The van der Waals surface area contributed by atoms with Crippen molar-refractivity contribution in [3.63, 3.8) is 0 Å². The number of nitrogens with two attached hydrogens (primary N) is 1. The Morgan fingerprint density at radius 3 is 2.38 bits per heavy atom. The largest absolute Gasteiger partial charge is 0.432 e. The lowest BCUT2D eigenvalue weighted by atomic mass is 10.1. The van der Waals surface area contributed by atoms with Crippen LogP contribution in [0.15, 0.2) is 34.7 Å². The van der Waals surface area contributed by atoms with Crippen molar-refractivity contribution < 1.29 is 26.8 Å². The number of carbonyl (C=O) groups is 1. The van der Waals surface area contributed by atoms with Gasteiger partial charge in [0.05, 0.1) is 22.3 Å². The molecule has 4 nitrogen and oxygen atoms in total. The molecule has 0 saturated carbocycles. The Bertz CT molecular complexity index is 943. The maximum absolute atomic E-state index is 13.4. The Kier molecular flexibility index (Phi) is 3.55. The molecule has 1 aromatic carbocycles. The molecule has 0 aliphatic rings. The molecule has 3 aromatic rings. The highest BCUT2D eigenvalue weighted by Gasteiger charge is 2.36. The zero-order chi connectivity index (χ0) is 17.6. The first kappa shape index (κ1) is 16.0. The standard InChI is InChI=1S/C16H10F4N2O2/c1-7(23)14-13(21)12-10(16(18,19)20)6-11(22-15(12)24-14)8-2-4-9(17)5-3-8/h2-6H,21H2,1H3. The van der Waals surface area contributed by atoms with Gasteiger partial charge in [0.25, 0.3) is 0 Å². The molecule has 0 aliphatic carbocycles. The van der Waals surface area contributed by atoms with Crippen molar-refractivity contribution in [2.24, 2.45) is 0 Å². The van der Waals surface area contributed by atoms with Crippen molar-refractivity contribution in [1.29, 1.82) is 0 Å². The van der Waals surface area contributed by atoms with Crippen LogP contribution in [0, 0.1) is 5.82 Å². The molecule has 0 fully saturated rings. The van der Waals surface area contributed by atoms with Gasteiger partial charge in [-0.1, -0.05) is 0 Å². The van der Waals surface area contributed by atoms with Crippen LogP contribution in [0.25, 0.3) is 22.4 Å². The van der Waals surface area contributed by atoms with E-state index in [2.05, 4.69) is 4.98 Å². The average Bonchev–Trinajstić information content (AvgIpc) is 2.83. The predicted molar refractivity (Wildman–Crippen MR) is 78.8 cm³/mol. The summed E-state index contributed by atoms with van der Waals surface area (Å²) in [6, 6.07) is 5.59. The number of hydrogen-bond acceptors (Lipinski definition) is 4. The van der Waals surface area contributed by atoms with E-state index in [0.717, 1.165) is 25.1 Å². The fourth-order valence-corrected chi connectivity index (χ4v) is 2.37. The van der Waals surface area contributed by atoms with Gasteiger partial charge in [0, 0.05) is 12.5 Å². The van der Waals surface area contributed by atoms with Crippen LogP contribution < -0.4 is 5.73 Å². The fraction of sp³-hybridized carbons (Fsp3) is 0.125. The Balaban J connectivity index is 2.34. The molecule has 0 amide bonds. The lowest BCUT2D eigenvalue weighted by Gasteiger charge is -2.10. The van der Waals surface area contributed by atoms with Gasteiger partial charge in [-0.15, -0.1) is 0 Å². The molecule has 0 radical (unpaired) electrons. The first-order valence-corrected chi connectivity index (χ1v) is 6.75. The second-order valence-electron chi connectivity index (χ2n) is 5.14. The summed E-state index contributed by atoms with van der Waals surface area (Å²) in [5, 5.41) is -0.460. The summed E-state index contributed by atoms with van der Waals surface area (Å²) in [5.74, 6) is -1.52. The highest BCUT2D eigenvalue weighted by atomic mass is 19.4. The van der Waals surface area contributed by atoms with Crippen LogP contribution in [-0.2, 0) is 6.18 Å². The van der Waals surface area contributed by atoms with E-state index < -0.39 is 40.1 Å². The molecule has 0 aliphatic heterocycles. The van der Waals surface area contributed by atoms with E-state index in [-0.39, 0.29) is 17.0 Å². The predicted octanol–water partition coefficient (Wildman–Crippen LogP) is 4.44. The number of benzene rings is 1. The number of carbonyl (C=O) groups excluding carboxylic acids is 1. The number of rotatable bonds is 2. The quantitative estimate of drug-likeness (QED) is 0.554. The van der Waals surface area contributed by atoms with Crippen molar-refractivity contribution in [3.05, 3.63) is 47.5 Å². The molecule has 0 atom stereocenters.